The topological polar surface area (TPSA) is 61.7 Å². The summed E-state index contributed by atoms with van der Waals surface area (Å²) in [5, 5.41) is 2.93. The normalized spacial score (nSPS) is 10.0. The molecule has 0 fully saturated rings. The Hall–Kier alpha value is -0.830. The maximum atomic E-state index is 8.51. The van der Waals surface area contributed by atoms with Crippen molar-refractivity contribution in [1.29, 1.82) is 0 Å². The fourth-order valence-corrected chi connectivity index (χ4v) is 1.09. The van der Waals surface area contributed by atoms with E-state index in [1.54, 1.807) is 31.3 Å². The summed E-state index contributed by atoms with van der Waals surface area (Å²) in [5.41, 5.74) is 0.947. The molecule has 0 aromatic heterocycles. The zero-order valence-electron chi connectivity index (χ0n) is 6.56. The minimum atomic E-state index is -2.31. The predicted molar refractivity (Wildman–Crippen MR) is 48.0 cm³/mol. The lowest BCUT2D eigenvalue weighted by molar-refractivity contribution is 0.375. The Bertz CT molecular complexity index is 237. The summed E-state index contributed by atoms with van der Waals surface area (Å²) in [4.78, 5) is 17.0. The Kier molecular flexibility index (Phi) is 3.29. The van der Waals surface area contributed by atoms with Crippen molar-refractivity contribution in [1.82, 2.24) is 0 Å². The minimum Gasteiger partial charge on any atom is -0.427 e. The van der Waals surface area contributed by atoms with Crippen molar-refractivity contribution in [3.05, 3.63) is 24.3 Å². The molecule has 1 aromatic rings. The summed E-state index contributed by atoms with van der Waals surface area (Å²) in [5.74, 6) is 0.449. The molecule has 0 spiro atoms. The van der Waals surface area contributed by atoms with Gasteiger partial charge in [0.25, 0.3) is 0 Å². The molecule has 0 saturated heterocycles. The van der Waals surface area contributed by atoms with E-state index in [2.05, 4.69) is 9.84 Å². The molecular formula is C7H10NO3P. The Labute approximate surface area is 71.8 Å². The van der Waals surface area contributed by atoms with Gasteiger partial charge in [0.15, 0.2) is 0 Å². The molecule has 5 heteroatoms. The van der Waals surface area contributed by atoms with Crippen LogP contribution in [0.4, 0.5) is 5.69 Å². The summed E-state index contributed by atoms with van der Waals surface area (Å²) in [6, 6.07) is 6.89. The van der Waals surface area contributed by atoms with Crippen LogP contribution in [0, 0.1) is 0 Å². The highest BCUT2D eigenvalue weighted by Crippen LogP contribution is 2.29. The lowest BCUT2D eigenvalue weighted by Crippen LogP contribution is -1.88. The molecule has 0 bridgehead atoms. The molecule has 3 N–H and O–H groups in total. The number of rotatable bonds is 3. The fraction of sp³-hybridized carbons (Fsp3) is 0.143. The van der Waals surface area contributed by atoms with Crippen molar-refractivity contribution in [2.24, 2.45) is 0 Å². The van der Waals surface area contributed by atoms with Crippen LogP contribution in [-0.4, -0.2) is 16.8 Å². The van der Waals surface area contributed by atoms with E-state index in [0.29, 0.717) is 5.75 Å². The van der Waals surface area contributed by atoms with Crippen LogP contribution in [0.3, 0.4) is 0 Å². The van der Waals surface area contributed by atoms with Crippen LogP contribution < -0.4 is 9.84 Å². The molecule has 1 rings (SSSR count). The molecule has 0 aliphatic carbocycles. The lowest BCUT2D eigenvalue weighted by Gasteiger charge is -2.05. The van der Waals surface area contributed by atoms with Gasteiger partial charge in [0.1, 0.15) is 5.75 Å². The SMILES string of the molecule is CNc1ccc(OP(O)O)cc1. The second-order valence-corrected chi connectivity index (χ2v) is 2.81. The van der Waals surface area contributed by atoms with E-state index in [9.17, 15) is 0 Å². The maximum absolute atomic E-state index is 8.51. The molecule has 1 aromatic carbocycles. The van der Waals surface area contributed by atoms with Crippen LogP contribution in [0.1, 0.15) is 0 Å². The van der Waals surface area contributed by atoms with Crippen molar-refractivity contribution in [2.45, 2.75) is 0 Å². The molecule has 0 aliphatic rings. The average molecular weight is 187 g/mol. The number of hydrogen-bond donors (Lipinski definition) is 3. The fourth-order valence-electron chi connectivity index (χ4n) is 0.777. The highest BCUT2D eigenvalue weighted by Gasteiger charge is 2.00. The molecule has 0 heterocycles. The van der Waals surface area contributed by atoms with E-state index in [1.807, 2.05) is 0 Å². The lowest BCUT2D eigenvalue weighted by atomic mass is 10.3. The highest BCUT2D eigenvalue weighted by molar-refractivity contribution is 7.39. The van der Waals surface area contributed by atoms with Gasteiger partial charge in [0.05, 0.1) is 0 Å². The zero-order chi connectivity index (χ0) is 8.97. The smallest absolute Gasteiger partial charge is 0.391 e. The first-order chi connectivity index (χ1) is 5.72. The van der Waals surface area contributed by atoms with E-state index >= 15 is 0 Å². The van der Waals surface area contributed by atoms with Crippen molar-refractivity contribution in [2.75, 3.05) is 12.4 Å². The number of nitrogens with one attached hydrogen (secondary N) is 1. The molecule has 0 radical (unpaired) electrons. The molecule has 0 saturated carbocycles. The number of benzene rings is 1. The van der Waals surface area contributed by atoms with Gasteiger partial charge in [-0.2, -0.15) is 0 Å². The van der Waals surface area contributed by atoms with E-state index < -0.39 is 8.60 Å². The van der Waals surface area contributed by atoms with Crippen LogP contribution >= 0.6 is 8.60 Å². The Morgan fingerprint density at radius 3 is 2.25 bits per heavy atom. The molecule has 66 valence electrons. The summed E-state index contributed by atoms with van der Waals surface area (Å²) in [6.45, 7) is 0. The molecule has 4 nitrogen and oxygen atoms in total. The third kappa shape index (κ3) is 2.66. The van der Waals surface area contributed by atoms with Crippen LogP contribution in [0.15, 0.2) is 24.3 Å². The highest BCUT2D eigenvalue weighted by atomic mass is 31.2. The van der Waals surface area contributed by atoms with Crippen molar-refractivity contribution in [3.8, 4) is 5.75 Å². The monoisotopic (exact) mass is 187 g/mol. The third-order valence-electron chi connectivity index (χ3n) is 1.33. The van der Waals surface area contributed by atoms with Gasteiger partial charge in [-0.05, 0) is 24.3 Å². The first kappa shape index (κ1) is 9.26. The van der Waals surface area contributed by atoms with E-state index in [1.165, 1.54) is 0 Å². The van der Waals surface area contributed by atoms with Crippen molar-refractivity contribution >= 4 is 14.3 Å². The largest absolute Gasteiger partial charge is 0.427 e. The second kappa shape index (κ2) is 4.26. The van der Waals surface area contributed by atoms with Gasteiger partial charge >= 0.3 is 8.60 Å². The van der Waals surface area contributed by atoms with E-state index in [4.69, 9.17) is 9.79 Å². The summed E-state index contributed by atoms with van der Waals surface area (Å²) < 4.78 is 4.66. The van der Waals surface area contributed by atoms with Gasteiger partial charge in [-0.1, -0.05) is 0 Å². The van der Waals surface area contributed by atoms with Gasteiger partial charge in [-0.3, -0.25) is 0 Å². The zero-order valence-corrected chi connectivity index (χ0v) is 7.45. The second-order valence-electron chi connectivity index (χ2n) is 2.12. The van der Waals surface area contributed by atoms with Gasteiger partial charge in [0.2, 0.25) is 0 Å². The van der Waals surface area contributed by atoms with Crippen LogP contribution in [0.5, 0.6) is 5.75 Å². The van der Waals surface area contributed by atoms with Gasteiger partial charge in [0, 0.05) is 12.7 Å². The van der Waals surface area contributed by atoms with E-state index in [-0.39, 0.29) is 0 Å². The van der Waals surface area contributed by atoms with Crippen LogP contribution in [-0.2, 0) is 0 Å². The Morgan fingerprint density at radius 1 is 1.25 bits per heavy atom. The Morgan fingerprint density at radius 2 is 1.83 bits per heavy atom. The van der Waals surface area contributed by atoms with E-state index in [0.717, 1.165) is 5.69 Å². The quantitative estimate of drug-likeness (QED) is 0.624. The molecule has 0 unspecified atom stereocenters. The molecule has 0 aliphatic heterocycles. The van der Waals surface area contributed by atoms with Crippen molar-refractivity contribution < 1.29 is 14.3 Å². The Balaban J connectivity index is 2.65. The minimum absolute atomic E-state index is 0.449. The molecule has 0 atom stereocenters. The maximum Gasteiger partial charge on any atom is 0.391 e. The number of anilines is 1. The predicted octanol–water partition coefficient (Wildman–Crippen LogP) is 1.32. The molecular weight excluding hydrogens is 177 g/mol. The number of hydrogen-bond acceptors (Lipinski definition) is 4. The summed E-state index contributed by atoms with van der Waals surface area (Å²) >= 11 is 0. The van der Waals surface area contributed by atoms with Crippen LogP contribution in [0.25, 0.3) is 0 Å². The third-order valence-corrected chi connectivity index (χ3v) is 1.70. The average Bonchev–Trinajstić information content (AvgIpc) is 2.05. The summed E-state index contributed by atoms with van der Waals surface area (Å²) in [7, 11) is -0.505. The van der Waals surface area contributed by atoms with Gasteiger partial charge in [-0.25, -0.2) is 0 Å². The standard InChI is InChI=1S/C7H10NO3P/c1-8-6-2-4-7(5-3-6)11-12(9)10/h2-5,8-10H,1H3. The van der Waals surface area contributed by atoms with Gasteiger partial charge in [-0.15, -0.1) is 0 Å². The van der Waals surface area contributed by atoms with Gasteiger partial charge < -0.3 is 19.6 Å². The first-order valence-electron chi connectivity index (χ1n) is 3.36. The first-order valence-corrected chi connectivity index (χ1v) is 4.52. The molecule has 12 heavy (non-hydrogen) atoms. The van der Waals surface area contributed by atoms with Crippen molar-refractivity contribution in [3.63, 3.8) is 0 Å². The van der Waals surface area contributed by atoms with Crippen LogP contribution in [0.2, 0.25) is 0 Å². The summed E-state index contributed by atoms with van der Waals surface area (Å²) in [6.07, 6.45) is 0. The molecule has 0 amide bonds.